The fourth-order valence-electron chi connectivity index (χ4n) is 2.27. The lowest BCUT2D eigenvalue weighted by atomic mass is 9.69. The minimum atomic E-state index is -0.0442. The van der Waals surface area contributed by atoms with Gasteiger partial charge in [-0.1, -0.05) is 13.3 Å². The number of amides is 1. The Morgan fingerprint density at radius 3 is 2.71 bits per heavy atom. The molecule has 80 valence electrons. The van der Waals surface area contributed by atoms with Crippen LogP contribution in [0, 0.1) is 5.41 Å². The Labute approximate surface area is 85.6 Å². The number of nitrogens with one attached hydrogen (secondary N) is 2. The average Bonchev–Trinajstić information content (AvgIpc) is 2.15. The standard InChI is InChI=1S/C11H20N2O/c1-11(5-3-6-11)10(14)13-9-4-2-7-12-8-9/h9,12H,2-8H2,1H3,(H,13,14). The van der Waals surface area contributed by atoms with Gasteiger partial charge in [0.2, 0.25) is 5.91 Å². The zero-order valence-corrected chi connectivity index (χ0v) is 8.94. The highest BCUT2D eigenvalue weighted by atomic mass is 16.2. The van der Waals surface area contributed by atoms with Gasteiger partial charge in [0.1, 0.15) is 0 Å². The molecule has 1 amide bonds. The van der Waals surface area contributed by atoms with E-state index < -0.39 is 0 Å². The van der Waals surface area contributed by atoms with E-state index >= 15 is 0 Å². The second kappa shape index (κ2) is 3.89. The molecule has 1 atom stereocenters. The molecule has 0 spiro atoms. The van der Waals surface area contributed by atoms with E-state index in [1.165, 1.54) is 12.8 Å². The molecule has 2 fully saturated rings. The first-order valence-electron chi connectivity index (χ1n) is 5.72. The van der Waals surface area contributed by atoms with Gasteiger partial charge in [0.25, 0.3) is 0 Å². The summed E-state index contributed by atoms with van der Waals surface area (Å²) in [5.74, 6) is 0.275. The number of rotatable bonds is 2. The van der Waals surface area contributed by atoms with E-state index in [4.69, 9.17) is 0 Å². The van der Waals surface area contributed by atoms with Gasteiger partial charge in [-0.3, -0.25) is 4.79 Å². The second-order valence-electron chi connectivity index (χ2n) is 4.93. The van der Waals surface area contributed by atoms with Crippen molar-refractivity contribution in [2.24, 2.45) is 5.41 Å². The van der Waals surface area contributed by atoms with E-state index in [2.05, 4.69) is 17.6 Å². The van der Waals surface area contributed by atoms with E-state index in [9.17, 15) is 4.79 Å². The summed E-state index contributed by atoms with van der Waals surface area (Å²) in [5, 5.41) is 6.47. The van der Waals surface area contributed by atoms with Crippen molar-refractivity contribution < 1.29 is 4.79 Å². The molecule has 0 bridgehead atoms. The van der Waals surface area contributed by atoms with Crippen molar-refractivity contribution in [3.05, 3.63) is 0 Å². The largest absolute Gasteiger partial charge is 0.352 e. The highest BCUT2D eigenvalue weighted by Crippen LogP contribution is 2.40. The van der Waals surface area contributed by atoms with Crippen LogP contribution in [0.1, 0.15) is 39.0 Å². The first-order valence-corrected chi connectivity index (χ1v) is 5.72. The number of carbonyl (C=O) groups excluding carboxylic acids is 1. The third-order valence-electron chi connectivity index (χ3n) is 3.64. The van der Waals surface area contributed by atoms with Crippen LogP contribution in [0.15, 0.2) is 0 Å². The maximum absolute atomic E-state index is 11.9. The van der Waals surface area contributed by atoms with Crippen molar-refractivity contribution in [1.82, 2.24) is 10.6 Å². The Morgan fingerprint density at radius 1 is 1.43 bits per heavy atom. The molecule has 1 heterocycles. The van der Waals surface area contributed by atoms with Gasteiger partial charge >= 0.3 is 0 Å². The number of carbonyl (C=O) groups is 1. The predicted octanol–water partition coefficient (Wildman–Crippen LogP) is 1.04. The summed E-state index contributed by atoms with van der Waals surface area (Å²) in [7, 11) is 0. The van der Waals surface area contributed by atoms with Gasteiger partial charge in [0.15, 0.2) is 0 Å². The minimum Gasteiger partial charge on any atom is -0.352 e. The summed E-state index contributed by atoms with van der Waals surface area (Å²) >= 11 is 0. The summed E-state index contributed by atoms with van der Waals surface area (Å²) in [6.07, 6.45) is 5.67. The molecular weight excluding hydrogens is 176 g/mol. The molecule has 0 radical (unpaired) electrons. The lowest BCUT2D eigenvalue weighted by Crippen LogP contribution is -2.51. The molecule has 3 nitrogen and oxygen atoms in total. The van der Waals surface area contributed by atoms with E-state index in [0.717, 1.165) is 32.4 Å². The lowest BCUT2D eigenvalue weighted by molar-refractivity contribution is -0.135. The monoisotopic (exact) mass is 196 g/mol. The Bertz CT molecular complexity index is 217. The van der Waals surface area contributed by atoms with Gasteiger partial charge in [0.05, 0.1) is 0 Å². The fraction of sp³-hybridized carbons (Fsp3) is 0.909. The number of piperidine rings is 1. The number of hydrogen-bond acceptors (Lipinski definition) is 2. The summed E-state index contributed by atoms with van der Waals surface area (Å²) in [4.78, 5) is 11.9. The molecule has 1 saturated heterocycles. The van der Waals surface area contributed by atoms with Gasteiger partial charge in [-0.25, -0.2) is 0 Å². The third-order valence-corrected chi connectivity index (χ3v) is 3.64. The minimum absolute atomic E-state index is 0.0442. The maximum atomic E-state index is 11.9. The smallest absolute Gasteiger partial charge is 0.226 e. The van der Waals surface area contributed by atoms with Crippen molar-refractivity contribution in [2.45, 2.75) is 45.1 Å². The highest BCUT2D eigenvalue weighted by molar-refractivity contribution is 5.83. The van der Waals surface area contributed by atoms with Crippen LogP contribution >= 0.6 is 0 Å². The molecule has 1 unspecified atom stereocenters. The second-order valence-corrected chi connectivity index (χ2v) is 4.93. The zero-order valence-electron chi connectivity index (χ0n) is 8.94. The van der Waals surface area contributed by atoms with E-state index in [-0.39, 0.29) is 11.3 Å². The van der Waals surface area contributed by atoms with Gasteiger partial charge < -0.3 is 10.6 Å². The topological polar surface area (TPSA) is 41.1 Å². The Hall–Kier alpha value is -0.570. The molecule has 3 heteroatoms. The fourth-order valence-corrected chi connectivity index (χ4v) is 2.27. The molecule has 1 aliphatic carbocycles. The first kappa shape index (κ1) is 9.97. The van der Waals surface area contributed by atoms with Crippen LogP contribution in [0.4, 0.5) is 0 Å². The predicted molar refractivity (Wildman–Crippen MR) is 56.0 cm³/mol. The van der Waals surface area contributed by atoms with Gasteiger partial charge in [-0.2, -0.15) is 0 Å². The molecule has 2 rings (SSSR count). The SMILES string of the molecule is CC1(C(=O)NC2CCCNC2)CCC1. The van der Waals surface area contributed by atoms with E-state index in [0.29, 0.717) is 6.04 Å². The van der Waals surface area contributed by atoms with Crippen LogP contribution in [0.25, 0.3) is 0 Å². The summed E-state index contributed by atoms with van der Waals surface area (Å²) < 4.78 is 0. The van der Waals surface area contributed by atoms with E-state index in [1.807, 2.05) is 0 Å². The summed E-state index contributed by atoms with van der Waals surface area (Å²) in [5.41, 5.74) is -0.0442. The maximum Gasteiger partial charge on any atom is 0.226 e. The van der Waals surface area contributed by atoms with Crippen molar-refractivity contribution >= 4 is 5.91 Å². The van der Waals surface area contributed by atoms with Crippen LogP contribution in [0.5, 0.6) is 0 Å². The Morgan fingerprint density at radius 2 is 2.21 bits per heavy atom. The molecule has 2 aliphatic rings. The van der Waals surface area contributed by atoms with Gasteiger partial charge in [0, 0.05) is 18.0 Å². The molecule has 14 heavy (non-hydrogen) atoms. The van der Waals surface area contributed by atoms with Crippen molar-refractivity contribution in [3.8, 4) is 0 Å². The van der Waals surface area contributed by atoms with Crippen LogP contribution < -0.4 is 10.6 Å². The number of hydrogen-bond donors (Lipinski definition) is 2. The summed E-state index contributed by atoms with van der Waals surface area (Å²) in [6.45, 7) is 4.13. The van der Waals surface area contributed by atoms with Gasteiger partial charge in [-0.05, 0) is 32.2 Å². The van der Waals surface area contributed by atoms with Crippen molar-refractivity contribution in [1.29, 1.82) is 0 Å². The van der Waals surface area contributed by atoms with Crippen LogP contribution in [0.3, 0.4) is 0 Å². The first-order chi connectivity index (χ1) is 6.71. The normalized spacial score (nSPS) is 30.5. The molecule has 0 aromatic rings. The van der Waals surface area contributed by atoms with E-state index in [1.54, 1.807) is 0 Å². The molecular formula is C11H20N2O. The third kappa shape index (κ3) is 1.92. The van der Waals surface area contributed by atoms with Crippen LogP contribution in [0.2, 0.25) is 0 Å². The van der Waals surface area contributed by atoms with Gasteiger partial charge in [-0.15, -0.1) is 0 Å². The Balaban J connectivity index is 1.81. The molecule has 1 aliphatic heterocycles. The zero-order chi connectivity index (χ0) is 10.0. The Kier molecular flexibility index (Phi) is 2.77. The lowest BCUT2D eigenvalue weighted by Gasteiger charge is -2.38. The molecule has 2 N–H and O–H groups in total. The molecule has 0 aromatic carbocycles. The van der Waals surface area contributed by atoms with Crippen molar-refractivity contribution in [3.63, 3.8) is 0 Å². The average molecular weight is 196 g/mol. The molecule has 0 aromatic heterocycles. The van der Waals surface area contributed by atoms with Crippen molar-refractivity contribution in [2.75, 3.05) is 13.1 Å². The highest BCUT2D eigenvalue weighted by Gasteiger charge is 2.39. The quantitative estimate of drug-likeness (QED) is 0.693. The summed E-state index contributed by atoms with van der Waals surface area (Å²) in [6, 6.07) is 0.369. The van der Waals surface area contributed by atoms with Crippen LogP contribution in [-0.4, -0.2) is 25.0 Å². The van der Waals surface area contributed by atoms with Crippen LogP contribution in [-0.2, 0) is 4.79 Å². The molecule has 1 saturated carbocycles.